The van der Waals surface area contributed by atoms with Crippen LogP contribution in [-0.2, 0) is 16.0 Å². The molecule has 156 valence electrons. The first-order chi connectivity index (χ1) is 14.3. The quantitative estimate of drug-likeness (QED) is 0.658. The lowest BCUT2D eigenvalue weighted by Crippen LogP contribution is -2.40. The van der Waals surface area contributed by atoms with Gasteiger partial charge in [0.25, 0.3) is 11.1 Å². The maximum Gasteiger partial charge on any atom is 0.294 e. The fraction of sp³-hybridized carbons (Fsp3) is 0.261. The van der Waals surface area contributed by atoms with Gasteiger partial charge in [-0.1, -0.05) is 50.2 Å². The number of carbonyl (C=O) groups excluding carboxylic acids is 3. The molecule has 0 bridgehead atoms. The molecule has 6 nitrogen and oxygen atoms in total. The maximum absolute atomic E-state index is 12.6. The second-order valence-corrected chi connectivity index (χ2v) is 8.35. The minimum atomic E-state index is -0.452. The van der Waals surface area contributed by atoms with Gasteiger partial charge < -0.3 is 10.4 Å². The minimum Gasteiger partial charge on any atom is -0.508 e. The van der Waals surface area contributed by atoms with Gasteiger partial charge >= 0.3 is 0 Å². The molecular weight excluding hydrogens is 400 g/mol. The van der Waals surface area contributed by atoms with Gasteiger partial charge in [-0.25, -0.2) is 0 Å². The van der Waals surface area contributed by atoms with Gasteiger partial charge in [0.1, 0.15) is 12.3 Å². The Kier molecular flexibility index (Phi) is 6.95. The van der Waals surface area contributed by atoms with E-state index >= 15 is 0 Å². The fourth-order valence-electron chi connectivity index (χ4n) is 2.97. The highest BCUT2D eigenvalue weighted by Gasteiger charge is 2.36. The monoisotopic (exact) mass is 424 g/mol. The number of rotatable bonds is 7. The first kappa shape index (κ1) is 21.6. The highest BCUT2D eigenvalue weighted by molar-refractivity contribution is 8.18. The Morgan fingerprint density at radius 3 is 2.40 bits per heavy atom. The molecule has 1 aliphatic rings. The maximum atomic E-state index is 12.6. The summed E-state index contributed by atoms with van der Waals surface area (Å²) in [4.78, 5) is 38.2. The largest absolute Gasteiger partial charge is 0.508 e. The van der Waals surface area contributed by atoms with Crippen LogP contribution in [0.2, 0.25) is 0 Å². The SMILES string of the molecule is CC(C)c1ccc(C=C2SC(=O)N(CC(=O)NCCc3ccc(O)cc3)C2=O)cc1. The number of nitrogens with one attached hydrogen (secondary N) is 1. The third-order valence-corrected chi connectivity index (χ3v) is 5.66. The summed E-state index contributed by atoms with van der Waals surface area (Å²) in [5.74, 6) is -0.241. The van der Waals surface area contributed by atoms with E-state index in [1.807, 2.05) is 24.3 Å². The summed E-state index contributed by atoms with van der Waals surface area (Å²) in [6, 6.07) is 14.6. The summed E-state index contributed by atoms with van der Waals surface area (Å²) in [7, 11) is 0. The second-order valence-electron chi connectivity index (χ2n) is 7.36. The van der Waals surface area contributed by atoms with Crippen LogP contribution in [0.15, 0.2) is 53.4 Å². The normalized spacial score (nSPS) is 15.3. The molecule has 0 atom stereocenters. The van der Waals surface area contributed by atoms with E-state index in [4.69, 9.17) is 0 Å². The number of hydrogen-bond donors (Lipinski definition) is 2. The van der Waals surface area contributed by atoms with Gasteiger partial charge in [-0.3, -0.25) is 19.3 Å². The molecule has 0 aromatic heterocycles. The van der Waals surface area contributed by atoms with Crippen LogP contribution in [0.1, 0.15) is 36.5 Å². The van der Waals surface area contributed by atoms with Crippen molar-refractivity contribution in [1.29, 1.82) is 0 Å². The molecule has 2 aromatic rings. The zero-order valence-corrected chi connectivity index (χ0v) is 17.7. The van der Waals surface area contributed by atoms with E-state index in [1.54, 1.807) is 30.3 Å². The van der Waals surface area contributed by atoms with E-state index in [2.05, 4.69) is 19.2 Å². The number of hydrogen-bond acceptors (Lipinski definition) is 5. The lowest BCUT2D eigenvalue weighted by Gasteiger charge is -2.12. The van der Waals surface area contributed by atoms with Crippen LogP contribution in [-0.4, -0.2) is 40.1 Å². The Bertz CT molecular complexity index is 966. The highest BCUT2D eigenvalue weighted by Crippen LogP contribution is 2.32. The molecule has 0 saturated carbocycles. The number of thioether (sulfide) groups is 1. The molecule has 1 fully saturated rings. The van der Waals surface area contributed by atoms with Crippen LogP contribution in [0.25, 0.3) is 6.08 Å². The van der Waals surface area contributed by atoms with E-state index in [9.17, 15) is 19.5 Å². The molecule has 3 rings (SSSR count). The van der Waals surface area contributed by atoms with Crippen molar-refractivity contribution in [2.45, 2.75) is 26.2 Å². The van der Waals surface area contributed by atoms with Crippen molar-refractivity contribution in [2.24, 2.45) is 0 Å². The number of carbonyl (C=O) groups is 3. The van der Waals surface area contributed by atoms with E-state index in [1.165, 1.54) is 5.56 Å². The highest BCUT2D eigenvalue weighted by atomic mass is 32.2. The van der Waals surface area contributed by atoms with Crippen molar-refractivity contribution >= 4 is 34.9 Å². The standard InChI is InChI=1S/C23H24N2O4S/c1-15(2)18-7-3-17(4-8-18)13-20-22(28)25(23(29)30-20)14-21(27)24-12-11-16-5-9-19(26)10-6-16/h3-10,13,15,26H,11-12,14H2,1-2H3,(H,24,27). The van der Waals surface area contributed by atoms with Crippen molar-refractivity contribution in [1.82, 2.24) is 10.2 Å². The van der Waals surface area contributed by atoms with Crippen LogP contribution >= 0.6 is 11.8 Å². The van der Waals surface area contributed by atoms with Gasteiger partial charge in [-0.05, 0) is 59.0 Å². The first-order valence-corrected chi connectivity index (χ1v) is 10.5. The zero-order chi connectivity index (χ0) is 21.7. The lowest BCUT2D eigenvalue weighted by molar-refractivity contribution is -0.129. The van der Waals surface area contributed by atoms with E-state index in [0.717, 1.165) is 27.8 Å². The molecule has 1 saturated heterocycles. The minimum absolute atomic E-state index is 0.186. The fourth-order valence-corrected chi connectivity index (χ4v) is 3.81. The topological polar surface area (TPSA) is 86.7 Å². The van der Waals surface area contributed by atoms with Crippen molar-refractivity contribution in [3.05, 3.63) is 70.1 Å². The smallest absolute Gasteiger partial charge is 0.294 e. The number of phenols is 1. The zero-order valence-electron chi connectivity index (χ0n) is 16.9. The summed E-state index contributed by atoms with van der Waals surface area (Å²) in [5.41, 5.74) is 3.00. The number of benzene rings is 2. The molecule has 2 aromatic carbocycles. The molecule has 30 heavy (non-hydrogen) atoms. The number of nitrogens with zero attached hydrogens (tertiary/aromatic N) is 1. The number of phenolic OH excluding ortho intramolecular Hbond substituents is 1. The Morgan fingerprint density at radius 1 is 1.10 bits per heavy atom. The van der Waals surface area contributed by atoms with Crippen LogP contribution < -0.4 is 5.32 Å². The average molecular weight is 425 g/mol. The average Bonchev–Trinajstić information content (AvgIpc) is 2.97. The van der Waals surface area contributed by atoms with E-state index in [0.29, 0.717) is 23.8 Å². The van der Waals surface area contributed by atoms with Gasteiger partial charge in [-0.15, -0.1) is 0 Å². The van der Waals surface area contributed by atoms with Crippen molar-refractivity contribution in [2.75, 3.05) is 13.1 Å². The molecule has 0 aliphatic carbocycles. The predicted octanol–water partition coefficient (Wildman–Crippen LogP) is 3.91. The number of aromatic hydroxyl groups is 1. The summed E-state index contributed by atoms with van der Waals surface area (Å²) in [6.07, 6.45) is 2.26. The molecule has 7 heteroatoms. The van der Waals surface area contributed by atoms with Gasteiger partial charge in [0.2, 0.25) is 5.91 Å². The van der Waals surface area contributed by atoms with E-state index in [-0.39, 0.29) is 12.3 Å². The van der Waals surface area contributed by atoms with E-state index < -0.39 is 17.1 Å². The summed E-state index contributed by atoms with van der Waals surface area (Å²) < 4.78 is 0. The molecule has 1 aliphatic heterocycles. The van der Waals surface area contributed by atoms with Crippen molar-refractivity contribution in [3.8, 4) is 5.75 Å². The molecule has 0 spiro atoms. The molecule has 3 amide bonds. The van der Waals surface area contributed by atoms with Crippen molar-refractivity contribution < 1.29 is 19.5 Å². The van der Waals surface area contributed by atoms with Crippen LogP contribution in [0.4, 0.5) is 4.79 Å². The van der Waals surface area contributed by atoms with Crippen LogP contribution in [0, 0.1) is 0 Å². The third kappa shape index (κ3) is 5.51. The summed E-state index contributed by atoms with van der Waals surface area (Å²) in [6.45, 7) is 4.29. The first-order valence-electron chi connectivity index (χ1n) is 9.73. The van der Waals surface area contributed by atoms with Crippen LogP contribution in [0.5, 0.6) is 5.75 Å². The predicted molar refractivity (Wildman–Crippen MR) is 118 cm³/mol. The Balaban J connectivity index is 1.54. The molecule has 0 unspecified atom stereocenters. The van der Waals surface area contributed by atoms with Gasteiger partial charge in [-0.2, -0.15) is 0 Å². The Hall–Kier alpha value is -3.06. The second kappa shape index (κ2) is 9.63. The number of amides is 3. The molecule has 0 radical (unpaired) electrons. The summed E-state index contributed by atoms with van der Waals surface area (Å²) in [5, 5.41) is 11.6. The van der Waals surface area contributed by atoms with Gasteiger partial charge in [0, 0.05) is 6.54 Å². The molecular formula is C23H24N2O4S. The number of imide groups is 1. The van der Waals surface area contributed by atoms with Gasteiger partial charge in [0.15, 0.2) is 0 Å². The summed E-state index contributed by atoms with van der Waals surface area (Å²) >= 11 is 0.846. The van der Waals surface area contributed by atoms with Gasteiger partial charge in [0.05, 0.1) is 4.91 Å². The van der Waals surface area contributed by atoms with Crippen molar-refractivity contribution in [3.63, 3.8) is 0 Å². The Labute approximate surface area is 180 Å². The van der Waals surface area contributed by atoms with Crippen LogP contribution in [0.3, 0.4) is 0 Å². The third-order valence-electron chi connectivity index (χ3n) is 4.75. The molecule has 1 heterocycles. The molecule has 2 N–H and O–H groups in total. The Morgan fingerprint density at radius 2 is 1.77 bits per heavy atom. The lowest BCUT2D eigenvalue weighted by atomic mass is 10.0.